The molecule has 0 unspecified atom stereocenters. The SMILES string of the molecule is CC(C)CCC(=O)c1ccc(Cl)s1. The second-order valence-electron chi connectivity index (χ2n) is 3.46. The van der Waals surface area contributed by atoms with Crippen molar-refractivity contribution >= 4 is 28.7 Å². The molecule has 0 aliphatic heterocycles. The van der Waals surface area contributed by atoms with Crippen molar-refractivity contribution in [1.29, 1.82) is 0 Å². The summed E-state index contributed by atoms with van der Waals surface area (Å²) in [5.74, 6) is 0.796. The van der Waals surface area contributed by atoms with Crippen molar-refractivity contribution < 1.29 is 4.79 Å². The molecule has 0 aliphatic carbocycles. The quantitative estimate of drug-likeness (QED) is 0.695. The fourth-order valence-corrected chi connectivity index (χ4v) is 2.02. The molecule has 0 N–H and O–H groups in total. The van der Waals surface area contributed by atoms with Gasteiger partial charge in [-0.2, -0.15) is 0 Å². The Morgan fingerprint density at radius 2 is 2.23 bits per heavy atom. The number of hydrogen-bond donors (Lipinski definition) is 0. The molecule has 1 heterocycles. The van der Waals surface area contributed by atoms with Crippen LogP contribution < -0.4 is 0 Å². The first-order chi connectivity index (χ1) is 6.09. The lowest BCUT2D eigenvalue weighted by atomic mass is 10.1. The van der Waals surface area contributed by atoms with Crippen molar-refractivity contribution in [3.05, 3.63) is 21.3 Å². The normalized spacial score (nSPS) is 10.8. The van der Waals surface area contributed by atoms with E-state index in [-0.39, 0.29) is 5.78 Å². The molecule has 0 fully saturated rings. The van der Waals surface area contributed by atoms with Gasteiger partial charge in [0.25, 0.3) is 0 Å². The molecule has 0 aliphatic rings. The van der Waals surface area contributed by atoms with Crippen LogP contribution in [0, 0.1) is 5.92 Å². The van der Waals surface area contributed by atoms with Gasteiger partial charge in [-0.15, -0.1) is 11.3 Å². The topological polar surface area (TPSA) is 17.1 Å². The van der Waals surface area contributed by atoms with Gasteiger partial charge in [-0.1, -0.05) is 25.4 Å². The molecule has 13 heavy (non-hydrogen) atoms. The Hall–Kier alpha value is -0.340. The molecule has 1 aromatic heterocycles. The molecule has 1 nitrogen and oxygen atoms in total. The molecule has 0 saturated heterocycles. The highest BCUT2D eigenvalue weighted by molar-refractivity contribution is 7.18. The molecule has 0 amide bonds. The van der Waals surface area contributed by atoms with E-state index in [0.717, 1.165) is 11.3 Å². The first-order valence-electron chi connectivity index (χ1n) is 4.38. The molecule has 0 saturated carbocycles. The lowest BCUT2D eigenvalue weighted by Crippen LogP contribution is -1.98. The molecular weight excluding hydrogens is 204 g/mol. The van der Waals surface area contributed by atoms with Crippen molar-refractivity contribution in [2.24, 2.45) is 5.92 Å². The maximum absolute atomic E-state index is 11.5. The van der Waals surface area contributed by atoms with E-state index in [1.807, 2.05) is 0 Å². The number of ketones is 1. The van der Waals surface area contributed by atoms with Gasteiger partial charge >= 0.3 is 0 Å². The zero-order chi connectivity index (χ0) is 9.84. The van der Waals surface area contributed by atoms with E-state index < -0.39 is 0 Å². The Kier molecular flexibility index (Phi) is 3.94. The van der Waals surface area contributed by atoms with E-state index in [9.17, 15) is 4.79 Å². The molecule has 0 radical (unpaired) electrons. The van der Waals surface area contributed by atoms with E-state index in [0.29, 0.717) is 16.7 Å². The van der Waals surface area contributed by atoms with Gasteiger partial charge in [0.15, 0.2) is 5.78 Å². The average molecular weight is 217 g/mol. The number of carbonyl (C=O) groups is 1. The van der Waals surface area contributed by atoms with Crippen molar-refractivity contribution in [3.63, 3.8) is 0 Å². The zero-order valence-electron chi connectivity index (χ0n) is 7.84. The highest BCUT2D eigenvalue weighted by Gasteiger charge is 2.08. The summed E-state index contributed by atoms with van der Waals surface area (Å²) in [6.07, 6.45) is 1.59. The van der Waals surface area contributed by atoms with Gasteiger partial charge in [0.05, 0.1) is 9.21 Å². The molecule has 0 aromatic carbocycles. The highest BCUT2D eigenvalue weighted by Crippen LogP contribution is 2.23. The van der Waals surface area contributed by atoms with E-state index in [1.54, 1.807) is 12.1 Å². The molecular formula is C10H13ClOS. The van der Waals surface area contributed by atoms with E-state index in [1.165, 1.54) is 11.3 Å². The number of thiophene rings is 1. The maximum Gasteiger partial charge on any atom is 0.172 e. The third kappa shape index (κ3) is 3.49. The van der Waals surface area contributed by atoms with Crippen LogP contribution >= 0.6 is 22.9 Å². The summed E-state index contributed by atoms with van der Waals surface area (Å²) in [6.45, 7) is 4.24. The van der Waals surface area contributed by atoms with Crippen LogP contribution in [0.1, 0.15) is 36.4 Å². The standard InChI is InChI=1S/C10H13ClOS/c1-7(2)3-4-8(12)9-5-6-10(11)13-9/h5-7H,3-4H2,1-2H3. The van der Waals surface area contributed by atoms with E-state index >= 15 is 0 Å². The summed E-state index contributed by atoms with van der Waals surface area (Å²) in [6, 6.07) is 3.57. The minimum atomic E-state index is 0.214. The van der Waals surface area contributed by atoms with Gasteiger partial charge in [0.2, 0.25) is 0 Å². The molecule has 0 atom stereocenters. The van der Waals surface area contributed by atoms with Crippen molar-refractivity contribution in [2.45, 2.75) is 26.7 Å². The Labute approximate surface area is 87.7 Å². The monoisotopic (exact) mass is 216 g/mol. The average Bonchev–Trinajstić information content (AvgIpc) is 2.47. The molecule has 1 rings (SSSR count). The fraction of sp³-hybridized carbons (Fsp3) is 0.500. The third-order valence-corrected chi connectivity index (χ3v) is 3.07. The van der Waals surface area contributed by atoms with E-state index in [2.05, 4.69) is 13.8 Å². The predicted molar refractivity (Wildman–Crippen MR) is 57.7 cm³/mol. The Morgan fingerprint density at radius 3 is 2.69 bits per heavy atom. The van der Waals surface area contributed by atoms with Crippen molar-refractivity contribution in [1.82, 2.24) is 0 Å². The summed E-state index contributed by atoms with van der Waals surface area (Å²) in [5.41, 5.74) is 0. The minimum Gasteiger partial charge on any atom is -0.293 e. The number of halogens is 1. The van der Waals surface area contributed by atoms with Gasteiger partial charge in [-0.25, -0.2) is 0 Å². The Balaban J connectivity index is 2.49. The Bertz CT molecular complexity index is 291. The van der Waals surface area contributed by atoms with Gasteiger partial charge < -0.3 is 0 Å². The van der Waals surface area contributed by atoms with Gasteiger partial charge in [-0.3, -0.25) is 4.79 Å². The van der Waals surface area contributed by atoms with Crippen LogP contribution in [0.15, 0.2) is 12.1 Å². The summed E-state index contributed by atoms with van der Waals surface area (Å²) in [5, 5.41) is 0. The summed E-state index contributed by atoms with van der Waals surface area (Å²) < 4.78 is 0.688. The van der Waals surface area contributed by atoms with Crippen LogP contribution in [0.4, 0.5) is 0 Å². The summed E-state index contributed by atoms with van der Waals surface area (Å²) in [7, 11) is 0. The summed E-state index contributed by atoms with van der Waals surface area (Å²) >= 11 is 7.10. The lowest BCUT2D eigenvalue weighted by Gasteiger charge is -2.01. The highest BCUT2D eigenvalue weighted by atomic mass is 35.5. The van der Waals surface area contributed by atoms with Crippen LogP contribution in [0.3, 0.4) is 0 Å². The van der Waals surface area contributed by atoms with Crippen LogP contribution in [-0.2, 0) is 0 Å². The lowest BCUT2D eigenvalue weighted by molar-refractivity contribution is 0.0979. The van der Waals surface area contributed by atoms with Crippen molar-refractivity contribution in [3.8, 4) is 0 Å². The smallest absolute Gasteiger partial charge is 0.172 e. The van der Waals surface area contributed by atoms with Crippen LogP contribution in [-0.4, -0.2) is 5.78 Å². The van der Waals surface area contributed by atoms with Gasteiger partial charge in [-0.05, 0) is 24.5 Å². The number of carbonyl (C=O) groups excluding carboxylic acids is 1. The Morgan fingerprint density at radius 1 is 1.54 bits per heavy atom. The number of rotatable bonds is 4. The van der Waals surface area contributed by atoms with E-state index in [4.69, 9.17) is 11.6 Å². The molecule has 0 spiro atoms. The van der Waals surface area contributed by atoms with Crippen LogP contribution in [0.5, 0.6) is 0 Å². The second kappa shape index (κ2) is 4.77. The summed E-state index contributed by atoms with van der Waals surface area (Å²) in [4.78, 5) is 12.3. The second-order valence-corrected chi connectivity index (χ2v) is 5.17. The third-order valence-electron chi connectivity index (χ3n) is 1.80. The first kappa shape index (κ1) is 10.7. The molecule has 1 aromatic rings. The first-order valence-corrected chi connectivity index (χ1v) is 5.57. The van der Waals surface area contributed by atoms with Gasteiger partial charge in [0, 0.05) is 6.42 Å². The minimum absolute atomic E-state index is 0.214. The van der Waals surface area contributed by atoms with Crippen molar-refractivity contribution in [2.75, 3.05) is 0 Å². The number of Topliss-reactive ketones (excluding diaryl/α,β-unsaturated/α-hetero) is 1. The molecule has 3 heteroatoms. The number of hydrogen-bond acceptors (Lipinski definition) is 2. The maximum atomic E-state index is 11.5. The predicted octanol–water partition coefficient (Wildman–Crippen LogP) is 4.02. The van der Waals surface area contributed by atoms with Gasteiger partial charge in [0.1, 0.15) is 0 Å². The van der Waals surface area contributed by atoms with Crippen LogP contribution in [0.2, 0.25) is 4.34 Å². The zero-order valence-corrected chi connectivity index (χ0v) is 9.41. The fourth-order valence-electron chi connectivity index (χ4n) is 1.01. The molecule has 72 valence electrons. The largest absolute Gasteiger partial charge is 0.293 e. The van der Waals surface area contributed by atoms with Crippen LogP contribution in [0.25, 0.3) is 0 Å². The molecule has 0 bridgehead atoms.